The third kappa shape index (κ3) is 15.4. The normalized spacial score (nSPS) is 11.9. The lowest BCUT2D eigenvalue weighted by atomic mass is 9.98. The van der Waals surface area contributed by atoms with Gasteiger partial charge in [0.2, 0.25) is 0 Å². The molecule has 0 bridgehead atoms. The summed E-state index contributed by atoms with van der Waals surface area (Å²) >= 11 is 0. The van der Waals surface area contributed by atoms with Crippen molar-refractivity contribution in [1.29, 1.82) is 0 Å². The molecule has 2 N–H and O–H groups in total. The zero-order valence-corrected chi connectivity index (χ0v) is 27.4. The quantitative estimate of drug-likeness (QED) is 0.191. The summed E-state index contributed by atoms with van der Waals surface area (Å²) in [6, 6.07) is 13.2. The van der Waals surface area contributed by atoms with Crippen LogP contribution in [0.3, 0.4) is 0 Å². The molecule has 0 radical (unpaired) electrons. The third-order valence-corrected chi connectivity index (χ3v) is 6.33. The smallest absolute Gasteiger partial charge is 0.303 e. The molecule has 0 aromatic heterocycles. The van der Waals surface area contributed by atoms with Crippen LogP contribution in [0.25, 0.3) is 5.57 Å². The maximum Gasteiger partial charge on any atom is 0.303 e. The van der Waals surface area contributed by atoms with E-state index >= 15 is 0 Å². The first kappa shape index (κ1) is 37.4. The van der Waals surface area contributed by atoms with E-state index in [-0.39, 0.29) is 24.5 Å². The van der Waals surface area contributed by atoms with Crippen LogP contribution < -0.4 is 10.1 Å². The van der Waals surface area contributed by atoms with Gasteiger partial charge in [0.05, 0.1) is 19.8 Å². The van der Waals surface area contributed by atoms with E-state index in [9.17, 15) is 14.7 Å². The van der Waals surface area contributed by atoms with Gasteiger partial charge in [0.1, 0.15) is 5.75 Å². The van der Waals surface area contributed by atoms with Crippen LogP contribution in [0.5, 0.6) is 5.75 Å². The SMILES string of the molecule is C=C(COC)CN(C)/C=C(\C)c1ccc(C[C@@H](CCC(=O)O)NC(=O)c2ccc(OC(C)C)c(C)c2)cc1.CON(C)C. The highest BCUT2D eigenvalue weighted by molar-refractivity contribution is 5.94. The summed E-state index contributed by atoms with van der Waals surface area (Å²) in [6.45, 7) is 13.1. The van der Waals surface area contributed by atoms with Gasteiger partial charge in [0.15, 0.2) is 0 Å². The molecular formula is C34H51N3O6. The third-order valence-electron chi connectivity index (χ3n) is 6.33. The second-order valence-corrected chi connectivity index (χ2v) is 11.1. The van der Waals surface area contributed by atoms with Crippen LogP contribution >= 0.6 is 0 Å². The zero-order chi connectivity index (χ0) is 32.5. The lowest BCUT2D eigenvalue weighted by Crippen LogP contribution is -2.37. The minimum atomic E-state index is -0.885. The van der Waals surface area contributed by atoms with Gasteiger partial charge < -0.3 is 29.6 Å². The Morgan fingerprint density at radius 1 is 1.05 bits per heavy atom. The van der Waals surface area contributed by atoms with Crippen LogP contribution in [0.2, 0.25) is 0 Å². The van der Waals surface area contributed by atoms with E-state index in [1.165, 1.54) is 0 Å². The molecule has 1 atom stereocenters. The number of likely N-dealkylation sites (N-methyl/N-ethyl adjacent to an activating group) is 1. The number of carboxylic acid groups (broad SMARTS) is 1. The highest BCUT2D eigenvalue weighted by Crippen LogP contribution is 2.21. The Morgan fingerprint density at radius 3 is 2.16 bits per heavy atom. The second kappa shape index (κ2) is 19.5. The van der Waals surface area contributed by atoms with Crippen molar-refractivity contribution in [2.75, 3.05) is 48.5 Å². The molecule has 0 aliphatic heterocycles. The van der Waals surface area contributed by atoms with Crippen LogP contribution in [0.1, 0.15) is 60.7 Å². The number of hydrogen-bond donors (Lipinski definition) is 2. The van der Waals surface area contributed by atoms with Crippen LogP contribution in [-0.2, 0) is 20.8 Å². The van der Waals surface area contributed by atoms with E-state index in [1.54, 1.807) is 37.5 Å². The fourth-order valence-electron chi connectivity index (χ4n) is 4.21. The van der Waals surface area contributed by atoms with Gasteiger partial charge in [-0.2, -0.15) is 5.06 Å². The molecule has 2 rings (SSSR count). The first-order valence-corrected chi connectivity index (χ1v) is 14.4. The molecule has 0 saturated carbocycles. The van der Waals surface area contributed by atoms with Gasteiger partial charge in [-0.05, 0) is 86.6 Å². The molecule has 0 aliphatic carbocycles. The number of aliphatic carboxylic acids is 1. The lowest BCUT2D eigenvalue weighted by Gasteiger charge is -2.20. The summed E-state index contributed by atoms with van der Waals surface area (Å²) in [7, 11) is 8.95. The average Bonchev–Trinajstić information content (AvgIpc) is 2.93. The average molecular weight is 598 g/mol. The largest absolute Gasteiger partial charge is 0.491 e. The summed E-state index contributed by atoms with van der Waals surface area (Å²) < 4.78 is 10.9. The van der Waals surface area contributed by atoms with Crippen molar-refractivity contribution >= 4 is 17.4 Å². The Kier molecular flexibility index (Phi) is 17.0. The zero-order valence-electron chi connectivity index (χ0n) is 27.4. The Balaban J connectivity index is 0.00000170. The summed E-state index contributed by atoms with van der Waals surface area (Å²) in [4.78, 5) is 30.9. The van der Waals surface area contributed by atoms with E-state index in [1.807, 2.05) is 66.2 Å². The molecule has 0 unspecified atom stereocenters. The fourth-order valence-corrected chi connectivity index (χ4v) is 4.21. The van der Waals surface area contributed by atoms with Gasteiger partial charge in [-0.3, -0.25) is 9.59 Å². The molecule has 9 heteroatoms. The van der Waals surface area contributed by atoms with Crippen LogP contribution in [0, 0.1) is 6.92 Å². The second-order valence-electron chi connectivity index (χ2n) is 11.1. The number of aryl methyl sites for hydroxylation is 1. The molecule has 2 aromatic carbocycles. The Bertz CT molecular complexity index is 1190. The van der Waals surface area contributed by atoms with Gasteiger partial charge in [-0.25, -0.2) is 0 Å². The fraction of sp³-hybridized carbons (Fsp3) is 0.471. The van der Waals surface area contributed by atoms with E-state index in [0.717, 1.165) is 33.6 Å². The van der Waals surface area contributed by atoms with E-state index in [2.05, 4.69) is 34.8 Å². The molecule has 43 heavy (non-hydrogen) atoms. The van der Waals surface area contributed by atoms with Gasteiger partial charge in [-0.1, -0.05) is 30.8 Å². The van der Waals surface area contributed by atoms with Crippen LogP contribution in [0.4, 0.5) is 0 Å². The summed E-state index contributed by atoms with van der Waals surface area (Å²) in [5, 5.41) is 13.9. The standard InChI is InChI=1S/C31H42N2O5.C3H9NO/c1-21(2)38-29-14-12-27(16-23(29)4)31(36)32-28(13-15-30(34)35)17-25-8-10-26(11-9-25)24(5)19-33(6)18-22(3)20-37-7;1-4(2)5-3/h8-12,14,16,19,21,28H,3,13,15,17-18,20H2,1-2,4-7H3,(H,32,36)(H,34,35);1-3H3/b24-19+;/t28-;/m1./s1. The Morgan fingerprint density at radius 2 is 1.65 bits per heavy atom. The summed E-state index contributed by atoms with van der Waals surface area (Å²) in [5.41, 5.74) is 5.62. The number of amides is 1. The van der Waals surface area contributed by atoms with Gasteiger partial charge >= 0.3 is 5.97 Å². The van der Waals surface area contributed by atoms with E-state index in [4.69, 9.17) is 9.47 Å². The van der Waals surface area contributed by atoms with Crippen molar-refractivity contribution in [2.45, 2.75) is 59.1 Å². The highest BCUT2D eigenvalue weighted by atomic mass is 16.7. The number of methoxy groups -OCH3 is 1. The predicted octanol–water partition coefficient (Wildman–Crippen LogP) is 5.59. The van der Waals surface area contributed by atoms with E-state index < -0.39 is 5.97 Å². The minimum absolute atomic E-state index is 0.0221. The molecular weight excluding hydrogens is 546 g/mol. The summed E-state index contributed by atoms with van der Waals surface area (Å²) in [6.07, 6.45) is 2.97. The minimum Gasteiger partial charge on any atom is -0.491 e. The maximum absolute atomic E-state index is 13.0. The predicted molar refractivity (Wildman–Crippen MR) is 173 cm³/mol. The van der Waals surface area contributed by atoms with Crippen molar-refractivity contribution in [3.63, 3.8) is 0 Å². The monoisotopic (exact) mass is 597 g/mol. The van der Waals surface area contributed by atoms with E-state index in [0.29, 0.717) is 31.6 Å². The van der Waals surface area contributed by atoms with Crippen molar-refractivity contribution in [1.82, 2.24) is 15.3 Å². The van der Waals surface area contributed by atoms with Crippen molar-refractivity contribution in [3.05, 3.63) is 83.1 Å². The first-order chi connectivity index (χ1) is 20.2. The Hall–Kier alpha value is -3.66. The van der Waals surface area contributed by atoms with Crippen molar-refractivity contribution in [2.24, 2.45) is 0 Å². The number of allylic oxidation sites excluding steroid dienone is 1. The molecule has 2 aromatic rings. The number of carbonyl (C=O) groups excluding carboxylic acids is 1. The number of hydrogen-bond acceptors (Lipinski definition) is 7. The van der Waals surface area contributed by atoms with Gasteiger partial charge in [0.25, 0.3) is 5.91 Å². The molecule has 0 fully saturated rings. The number of nitrogens with one attached hydrogen (secondary N) is 1. The topological polar surface area (TPSA) is 101 Å². The Labute approximate surface area is 258 Å². The number of hydroxylamine groups is 2. The van der Waals surface area contributed by atoms with Crippen molar-refractivity contribution in [3.8, 4) is 5.75 Å². The van der Waals surface area contributed by atoms with Crippen LogP contribution in [-0.4, -0.2) is 87.6 Å². The number of benzene rings is 2. The van der Waals surface area contributed by atoms with Crippen LogP contribution in [0.15, 0.2) is 60.8 Å². The number of ether oxygens (including phenoxy) is 2. The lowest BCUT2D eigenvalue weighted by molar-refractivity contribution is -0.137. The van der Waals surface area contributed by atoms with Gasteiger partial charge in [0, 0.05) is 59.0 Å². The number of rotatable bonds is 16. The number of carboxylic acids is 1. The maximum atomic E-state index is 13.0. The number of nitrogens with zero attached hydrogens (tertiary/aromatic N) is 2. The molecule has 0 saturated heterocycles. The molecule has 238 valence electrons. The molecule has 0 spiro atoms. The first-order valence-electron chi connectivity index (χ1n) is 14.4. The summed E-state index contributed by atoms with van der Waals surface area (Å²) in [5.74, 6) is -0.369. The highest BCUT2D eigenvalue weighted by Gasteiger charge is 2.17. The molecule has 1 amide bonds. The van der Waals surface area contributed by atoms with Crippen molar-refractivity contribution < 1.29 is 29.0 Å². The molecule has 0 aliphatic rings. The molecule has 9 nitrogen and oxygen atoms in total. The molecule has 0 heterocycles. The number of carbonyl (C=O) groups is 2. The van der Waals surface area contributed by atoms with Gasteiger partial charge in [-0.15, -0.1) is 0 Å².